The van der Waals surface area contributed by atoms with Crippen LogP contribution in [-0.2, 0) is 6.42 Å². The molecule has 1 heterocycles. The van der Waals surface area contributed by atoms with Crippen molar-refractivity contribution >= 4 is 22.6 Å². The number of hydrogen-bond donors (Lipinski definition) is 1. The van der Waals surface area contributed by atoms with Crippen molar-refractivity contribution in [3.05, 3.63) is 41.4 Å². The van der Waals surface area contributed by atoms with Crippen LogP contribution in [0.5, 0.6) is 5.75 Å². The second-order valence-electron chi connectivity index (χ2n) is 3.33. The maximum absolute atomic E-state index is 11.5. The van der Waals surface area contributed by atoms with Crippen LogP contribution in [0.3, 0.4) is 0 Å². The van der Waals surface area contributed by atoms with Crippen LogP contribution in [0.1, 0.15) is 12.6 Å². The summed E-state index contributed by atoms with van der Waals surface area (Å²) in [5.41, 5.74) is 0.963. The molecule has 0 fully saturated rings. The van der Waals surface area contributed by atoms with E-state index in [0.29, 0.717) is 10.9 Å². The van der Waals surface area contributed by atoms with Gasteiger partial charge in [-0.3, -0.25) is 5.32 Å². The van der Waals surface area contributed by atoms with E-state index in [4.69, 9.17) is 4.74 Å². The highest BCUT2D eigenvalue weighted by Crippen LogP contribution is 2.16. The molecular weight excluding hydrogens is 236 g/mol. The third-order valence-corrected chi connectivity index (χ3v) is 2.88. The van der Waals surface area contributed by atoms with Crippen molar-refractivity contribution in [2.24, 2.45) is 0 Å². The van der Waals surface area contributed by atoms with Crippen LogP contribution < -0.4 is 10.1 Å². The Balaban J connectivity index is 1.93. The molecule has 0 saturated carbocycles. The van der Waals surface area contributed by atoms with E-state index in [1.165, 1.54) is 11.3 Å². The number of ether oxygens (including phenoxy) is 1. The van der Waals surface area contributed by atoms with E-state index < -0.39 is 6.09 Å². The molecule has 0 aliphatic rings. The Morgan fingerprint density at radius 2 is 2.18 bits per heavy atom. The maximum Gasteiger partial charge on any atom is 0.418 e. The average Bonchev–Trinajstić information content (AvgIpc) is 2.78. The van der Waals surface area contributed by atoms with Crippen LogP contribution in [0.25, 0.3) is 0 Å². The number of rotatable bonds is 3. The Hall–Kier alpha value is -1.88. The Bertz CT molecular complexity index is 496. The molecule has 0 radical (unpaired) electrons. The molecule has 0 spiro atoms. The van der Waals surface area contributed by atoms with Crippen LogP contribution in [0, 0.1) is 0 Å². The lowest BCUT2D eigenvalue weighted by Gasteiger charge is -2.03. The molecule has 0 bridgehead atoms. The number of anilines is 1. The van der Waals surface area contributed by atoms with Crippen LogP contribution in [0.15, 0.2) is 35.7 Å². The second kappa shape index (κ2) is 5.45. The first kappa shape index (κ1) is 11.6. The number of para-hydroxylation sites is 1. The van der Waals surface area contributed by atoms with Gasteiger partial charge in [0.25, 0.3) is 0 Å². The van der Waals surface area contributed by atoms with Gasteiger partial charge in [0.15, 0.2) is 5.13 Å². The number of amides is 1. The molecule has 0 saturated heterocycles. The standard InChI is InChI=1S/C12H12N2O2S/c1-2-9-8-17-11(13-9)14-12(15)16-10-6-4-3-5-7-10/h3-8H,2H2,1H3,(H,13,14,15). The van der Waals surface area contributed by atoms with Gasteiger partial charge in [-0.1, -0.05) is 25.1 Å². The minimum Gasteiger partial charge on any atom is -0.410 e. The van der Waals surface area contributed by atoms with E-state index in [1.807, 2.05) is 18.4 Å². The molecule has 1 aromatic heterocycles. The number of nitrogens with zero attached hydrogens (tertiary/aromatic N) is 1. The summed E-state index contributed by atoms with van der Waals surface area (Å²) in [7, 11) is 0. The zero-order valence-corrected chi connectivity index (χ0v) is 10.2. The molecule has 2 rings (SSSR count). The van der Waals surface area contributed by atoms with Crippen LogP contribution in [0.2, 0.25) is 0 Å². The third kappa shape index (κ3) is 3.29. The largest absolute Gasteiger partial charge is 0.418 e. The van der Waals surface area contributed by atoms with Crippen molar-refractivity contribution in [1.82, 2.24) is 4.98 Å². The van der Waals surface area contributed by atoms with Crippen molar-refractivity contribution in [3.63, 3.8) is 0 Å². The average molecular weight is 248 g/mol. The molecule has 17 heavy (non-hydrogen) atoms. The molecular formula is C12H12N2O2S. The predicted octanol–water partition coefficient (Wildman–Crippen LogP) is 3.32. The highest BCUT2D eigenvalue weighted by atomic mass is 32.1. The summed E-state index contributed by atoms with van der Waals surface area (Å²) in [6.45, 7) is 2.02. The lowest BCUT2D eigenvalue weighted by atomic mass is 10.3. The van der Waals surface area contributed by atoms with Gasteiger partial charge in [-0.05, 0) is 18.6 Å². The lowest BCUT2D eigenvalue weighted by Crippen LogP contribution is -2.16. The fourth-order valence-corrected chi connectivity index (χ4v) is 2.01. The topological polar surface area (TPSA) is 51.2 Å². The van der Waals surface area contributed by atoms with Gasteiger partial charge in [0.1, 0.15) is 5.75 Å². The van der Waals surface area contributed by atoms with Gasteiger partial charge in [0.2, 0.25) is 0 Å². The molecule has 1 amide bonds. The predicted molar refractivity (Wildman–Crippen MR) is 67.6 cm³/mol. The number of hydrogen-bond acceptors (Lipinski definition) is 4. The SMILES string of the molecule is CCc1csc(NC(=O)Oc2ccccc2)n1. The van der Waals surface area contributed by atoms with Crippen LogP contribution in [-0.4, -0.2) is 11.1 Å². The van der Waals surface area contributed by atoms with Gasteiger partial charge in [-0.15, -0.1) is 11.3 Å². The molecule has 88 valence electrons. The number of carbonyl (C=O) groups is 1. The molecule has 0 unspecified atom stereocenters. The Labute approximate surface area is 103 Å². The fourth-order valence-electron chi connectivity index (χ4n) is 1.24. The quantitative estimate of drug-likeness (QED) is 0.906. The summed E-state index contributed by atoms with van der Waals surface area (Å²) in [4.78, 5) is 15.7. The Morgan fingerprint density at radius 3 is 2.82 bits per heavy atom. The van der Waals surface area contributed by atoms with Crippen molar-refractivity contribution < 1.29 is 9.53 Å². The van der Waals surface area contributed by atoms with Crippen molar-refractivity contribution in [1.29, 1.82) is 0 Å². The van der Waals surface area contributed by atoms with Gasteiger partial charge < -0.3 is 4.74 Å². The normalized spacial score (nSPS) is 9.94. The van der Waals surface area contributed by atoms with Gasteiger partial charge >= 0.3 is 6.09 Å². The summed E-state index contributed by atoms with van der Waals surface area (Å²) in [5, 5.41) is 5.06. The minimum atomic E-state index is -0.520. The first-order valence-electron chi connectivity index (χ1n) is 5.26. The first-order valence-corrected chi connectivity index (χ1v) is 6.14. The Morgan fingerprint density at radius 1 is 1.41 bits per heavy atom. The molecule has 4 nitrogen and oxygen atoms in total. The monoisotopic (exact) mass is 248 g/mol. The van der Waals surface area contributed by atoms with Gasteiger partial charge in [-0.25, -0.2) is 9.78 Å². The molecule has 0 aliphatic carbocycles. The van der Waals surface area contributed by atoms with Crippen molar-refractivity contribution in [2.45, 2.75) is 13.3 Å². The molecule has 1 N–H and O–H groups in total. The van der Waals surface area contributed by atoms with Crippen LogP contribution >= 0.6 is 11.3 Å². The van der Waals surface area contributed by atoms with Gasteiger partial charge in [0, 0.05) is 5.38 Å². The molecule has 0 aliphatic heterocycles. The zero-order chi connectivity index (χ0) is 12.1. The number of carbonyl (C=O) groups excluding carboxylic acids is 1. The maximum atomic E-state index is 11.5. The number of thiazole rings is 1. The summed E-state index contributed by atoms with van der Waals surface area (Å²) < 4.78 is 5.08. The summed E-state index contributed by atoms with van der Waals surface area (Å²) in [6, 6.07) is 8.92. The van der Waals surface area contributed by atoms with Crippen molar-refractivity contribution in [3.8, 4) is 5.75 Å². The van der Waals surface area contributed by atoms with E-state index in [0.717, 1.165) is 12.1 Å². The molecule has 0 atom stereocenters. The van der Waals surface area contributed by atoms with Gasteiger partial charge in [0.05, 0.1) is 5.69 Å². The Kier molecular flexibility index (Phi) is 3.72. The molecule has 2 aromatic rings. The van der Waals surface area contributed by atoms with Crippen LogP contribution in [0.4, 0.5) is 9.93 Å². The summed E-state index contributed by atoms with van der Waals surface area (Å²) >= 11 is 1.39. The van der Waals surface area contributed by atoms with E-state index in [1.54, 1.807) is 24.3 Å². The molecule has 1 aromatic carbocycles. The van der Waals surface area contributed by atoms with E-state index in [2.05, 4.69) is 10.3 Å². The number of nitrogens with one attached hydrogen (secondary N) is 1. The highest BCUT2D eigenvalue weighted by Gasteiger charge is 2.07. The third-order valence-electron chi connectivity index (χ3n) is 2.08. The lowest BCUT2D eigenvalue weighted by molar-refractivity contribution is 0.215. The fraction of sp³-hybridized carbons (Fsp3) is 0.167. The second-order valence-corrected chi connectivity index (χ2v) is 4.18. The van der Waals surface area contributed by atoms with Gasteiger partial charge in [-0.2, -0.15) is 0 Å². The van der Waals surface area contributed by atoms with E-state index in [9.17, 15) is 4.79 Å². The van der Waals surface area contributed by atoms with E-state index in [-0.39, 0.29) is 0 Å². The smallest absolute Gasteiger partial charge is 0.410 e. The summed E-state index contributed by atoms with van der Waals surface area (Å²) in [6.07, 6.45) is 0.333. The number of aromatic nitrogens is 1. The summed E-state index contributed by atoms with van der Waals surface area (Å²) in [5.74, 6) is 0.511. The minimum absolute atomic E-state index is 0.511. The number of aryl methyl sites for hydroxylation is 1. The van der Waals surface area contributed by atoms with Crippen molar-refractivity contribution in [2.75, 3.05) is 5.32 Å². The zero-order valence-electron chi connectivity index (χ0n) is 9.34. The number of benzene rings is 1. The first-order chi connectivity index (χ1) is 8.28. The highest BCUT2D eigenvalue weighted by molar-refractivity contribution is 7.13. The molecule has 5 heteroatoms. The van der Waals surface area contributed by atoms with E-state index >= 15 is 0 Å².